The van der Waals surface area contributed by atoms with Gasteiger partial charge in [0.1, 0.15) is 0 Å². The smallest absolute Gasteiger partial charge is 0.237 e. The Morgan fingerprint density at radius 1 is 1.80 bits per heavy atom. The number of hydrogen-bond donors (Lipinski definition) is 2. The predicted octanol–water partition coefficient (Wildman–Crippen LogP) is -0.625. The van der Waals surface area contributed by atoms with Gasteiger partial charge in [-0.2, -0.15) is 0 Å². The van der Waals surface area contributed by atoms with Crippen LogP contribution in [0, 0.1) is 10.1 Å². The Morgan fingerprint density at radius 3 is 3.10 bits per heavy atom. The van der Waals surface area contributed by atoms with Gasteiger partial charge in [-0.05, 0) is 0 Å². The standard InChI is InChI=1S/C3H6N4O2S/c8-7(9)6-3-5-1-4-2-10-3/h4H,1-2H2,(H,5,6). The van der Waals surface area contributed by atoms with Gasteiger partial charge >= 0.3 is 0 Å². The minimum atomic E-state index is -0.708. The molecule has 1 heterocycles. The average molecular weight is 162 g/mol. The molecule has 0 spiro atoms. The zero-order valence-electron chi connectivity index (χ0n) is 5.03. The molecule has 0 atom stereocenters. The molecule has 1 fully saturated rings. The van der Waals surface area contributed by atoms with Crippen LogP contribution in [0.15, 0.2) is 5.10 Å². The van der Waals surface area contributed by atoms with Gasteiger partial charge in [0.15, 0.2) is 5.03 Å². The molecule has 0 unspecified atom stereocenters. The number of nitro groups is 1. The van der Waals surface area contributed by atoms with E-state index in [0.717, 1.165) is 0 Å². The molecule has 0 aromatic carbocycles. The quantitative estimate of drug-likeness (QED) is 0.396. The lowest BCUT2D eigenvalue weighted by Crippen LogP contribution is -2.38. The molecule has 0 aliphatic carbocycles. The molecule has 0 aromatic heterocycles. The molecule has 56 valence electrons. The maximum Gasteiger partial charge on any atom is 0.237 e. The van der Waals surface area contributed by atoms with Crippen LogP contribution in [0.1, 0.15) is 0 Å². The molecule has 0 saturated carbocycles. The first-order chi connectivity index (χ1) is 4.79. The Balaban J connectivity index is 2.45. The number of hydrazone groups is 1. The van der Waals surface area contributed by atoms with E-state index in [1.165, 1.54) is 11.8 Å². The summed E-state index contributed by atoms with van der Waals surface area (Å²) in [6.45, 7) is 0.541. The van der Waals surface area contributed by atoms with Crippen LogP contribution in [0.4, 0.5) is 0 Å². The molecule has 1 rings (SSSR count). The van der Waals surface area contributed by atoms with Gasteiger partial charge in [-0.3, -0.25) is 5.32 Å². The van der Waals surface area contributed by atoms with Gasteiger partial charge in [-0.15, -0.1) is 0 Å². The Hall–Kier alpha value is -0.820. The van der Waals surface area contributed by atoms with Gasteiger partial charge in [0, 0.05) is 0 Å². The fourth-order valence-corrected chi connectivity index (χ4v) is 1.14. The molecule has 10 heavy (non-hydrogen) atoms. The second kappa shape index (κ2) is 3.37. The summed E-state index contributed by atoms with van der Waals surface area (Å²) in [5, 5.41) is 18.2. The van der Waals surface area contributed by atoms with E-state index >= 15 is 0 Å². The maximum atomic E-state index is 9.81. The molecular weight excluding hydrogens is 156 g/mol. The first-order valence-corrected chi connectivity index (χ1v) is 3.58. The van der Waals surface area contributed by atoms with E-state index in [1.54, 1.807) is 0 Å². The van der Waals surface area contributed by atoms with Gasteiger partial charge < -0.3 is 5.32 Å². The van der Waals surface area contributed by atoms with Crippen LogP contribution >= 0.6 is 11.8 Å². The van der Waals surface area contributed by atoms with Gasteiger partial charge in [-0.1, -0.05) is 11.8 Å². The van der Waals surface area contributed by atoms with Crippen molar-refractivity contribution in [1.82, 2.24) is 10.6 Å². The summed E-state index contributed by atoms with van der Waals surface area (Å²) in [6, 6.07) is 0. The molecule has 0 aromatic rings. The van der Waals surface area contributed by atoms with Crippen molar-refractivity contribution in [3.8, 4) is 0 Å². The van der Waals surface area contributed by atoms with E-state index in [2.05, 4.69) is 15.7 Å². The molecule has 1 aliphatic rings. The highest BCUT2D eigenvalue weighted by Crippen LogP contribution is 2.01. The number of thioether (sulfide) groups is 1. The number of nitrogens with one attached hydrogen (secondary N) is 2. The van der Waals surface area contributed by atoms with Crippen molar-refractivity contribution < 1.29 is 5.03 Å². The third kappa shape index (κ3) is 2.19. The number of rotatable bonds is 1. The second-order valence-corrected chi connectivity index (χ2v) is 2.50. The van der Waals surface area contributed by atoms with Crippen molar-refractivity contribution in [2.45, 2.75) is 0 Å². The third-order valence-corrected chi connectivity index (χ3v) is 1.70. The van der Waals surface area contributed by atoms with Gasteiger partial charge in [0.2, 0.25) is 5.17 Å². The minimum absolute atomic E-state index is 0.365. The Morgan fingerprint density at radius 2 is 2.60 bits per heavy atom. The predicted molar refractivity (Wildman–Crippen MR) is 38.0 cm³/mol. The normalized spacial score (nSPS) is 22.2. The molecule has 0 bridgehead atoms. The van der Waals surface area contributed by atoms with Crippen molar-refractivity contribution in [3.63, 3.8) is 0 Å². The molecule has 0 radical (unpaired) electrons. The van der Waals surface area contributed by atoms with E-state index in [9.17, 15) is 10.1 Å². The van der Waals surface area contributed by atoms with Crippen molar-refractivity contribution in [2.24, 2.45) is 5.10 Å². The molecule has 1 saturated heterocycles. The van der Waals surface area contributed by atoms with Crippen molar-refractivity contribution >= 4 is 16.9 Å². The van der Waals surface area contributed by atoms with E-state index < -0.39 is 5.03 Å². The highest BCUT2D eigenvalue weighted by Gasteiger charge is 2.08. The van der Waals surface area contributed by atoms with Crippen molar-refractivity contribution in [1.29, 1.82) is 0 Å². The van der Waals surface area contributed by atoms with Crippen molar-refractivity contribution in [2.75, 3.05) is 12.5 Å². The van der Waals surface area contributed by atoms with Gasteiger partial charge in [0.05, 0.1) is 17.6 Å². The number of hydrogen-bond acceptors (Lipinski definition) is 4. The zero-order valence-corrected chi connectivity index (χ0v) is 5.85. The molecule has 7 heteroatoms. The number of amidine groups is 1. The van der Waals surface area contributed by atoms with Crippen LogP contribution < -0.4 is 10.6 Å². The lowest BCUT2D eigenvalue weighted by molar-refractivity contribution is -0.484. The number of nitrogens with zero attached hydrogens (tertiary/aromatic N) is 2. The minimum Gasteiger partial charge on any atom is -0.347 e. The summed E-state index contributed by atoms with van der Waals surface area (Å²) in [5.74, 6) is 0.666. The highest BCUT2D eigenvalue weighted by atomic mass is 32.2. The van der Waals surface area contributed by atoms with E-state index in [4.69, 9.17) is 0 Å². The summed E-state index contributed by atoms with van der Waals surface area (Å²) in [7, 11) is 0. The van der Waals surface area contributed by atoms with Crippen LogP contribution in [0.2, 0.25) is 0 Å². The largest absolute Gasteiger partial charge is 0.347 e. The first kappa shape index (κ1) is 7.29. The lowest BCUT2D eigenvalue weighted by atomic mass is 11.0. The Bertz CT molecular complexity index is 162. The highest BCUT2D eigenvalue weighted by molar-refractivity contribution is 8.13. The second-order valence-electron chi connectivity index (χ2n) is 1.54. The summed E-state index contributed by atoms with van der Waals surface area (Å²) < 4.78 is 0. The fraction of sp³-hybridized carbons (Fsp3) is 0.667. The van der Waals surface area contributed by atoms with Gasteiger partial charge in [0.25, 0.3) is 0 Å². The fourth-order valence-electron chi connectivity index (χ4n) is 0.498. The van der Waals surface area contributed by atoms with E-state index in [1.807, 2.05) is 0 Å². The summed E-state index contributed by atoms with van der Waals surface area (Å²) in [6.07, 6.45) is 0. The summed E-state index contributed by atoms with van der Waals surface area (Å²) >= 11 is 1.28. The molecule has 2 N–H and O–H groups in total. The van der Waals surface area contributed by atoms with E-state index in [0.29, 0.717) is 17.7 Å². The Labute approximate surface area is 61.2 Å². The summed E-state index contributed by atoms with van der Waals surface area (Å²) in [5.41, 5.74) is 0. The monoisotopic (exact) mass is 162 g/mol. The third-order valence-electron chi connectivity index (χ3n) is 0.848. The van der Waals surface area contributed by atoms with Crippen molar-refractivity contribution in [3.05, 3.63) is 10.1 Å². The van der Waals surface area contributed by atoms with Crippen LogP contribution in [-0.2, 0) is 0 Å². The first-order valence-electron chi connectivity index (χ1n) is 2.59. The Kier molecular flexibility index (Phi) is 2.46. The maximum absolute atomic E-state index is 9.81. The molecule has 1 aliphatic heterocycles. The van der Waals surface area contributed by atoms with Crippen LogP contribution in [-0.4, -0.2) is 22.7 Å². The topological polar surface area (TPSA) is 79.6 Å². The average Bonchev–Trinajstić information content (AvgIpc) is 1.88. The van der Waals surface area contributed by atoms with Crippen LogP contribution in [0.3, 0.4) is 0 Å². The lowest BCUT2D eigenvalue weighted by Gasteiger charge is -2.12. The SMILES string of the molecule is O=[N+]([O-])N=C1NCNCS1. The zero-order chi connectivity index (χ0) is 7.40. The summed E-state index contributed by atoms with van der Waals surface area (Å²) in [4.78, 5) is 9.81. The molecular formula is C3H6N4O2S. The van der Waals surface area contributed by atoms with Crippen LogP contribution in [0.25, 0.3) is 0 Å². The molecule has 6 nitrogen and oxygen atoms in total. The molecule has 0 amide bonds. The van der Waals surface area contributed by atoms with Gasteiger partial charge in [-0.25, -0.2) is 10.1 Å². The van der Waals surface area contributed by atoms with Crippen LogP contribution in [0.5, 0.6) is 0 Å². The van der Waals surface area contributed by atoms with E-state index in [-0.39, 0.29) is 0 Å².